The predicted octanol–water partition coefficient (Wildman–Crippen LogP) is 16.5. The van der Waals surface area contributed by atoms with Crippen molar-refractivity contribution in [3.05, 3.63) is 243 Å². The van der Waals surface area contributed by atoms with Gasteiger partial charge in [0.05, 0.1) is 11.0 Å². The summed E-state index contributed by atoms with van der Waals surface area (Å²) in [6, 6.07) is 85.3. The van der Waals surface area contributed by atoms with E-state index in [0.29, 0.717) is 17.5 Å². The average Bonchev–Trinajstić information content (AvgIpc) is 3.95. The standard InChI is InChI=1S/C63H40N4O/c1-4-13-41(14-5-1)44-23-25-47(26-24-44)50-19-12-20-52(37-50)67-57-22-11-10-21-53(57)55-39-56-54-36-35-51(38-59(54)68-60(56)40-58(55)67)63-65-61(48-31-27-45(28-32-48)42-15-6-2-7-16-42)64-62(66-63)49-33-29-46(30-34-49)43-17-8-3-9-18-43/h1-40H. The molecule has 0 atom stereocenters. The van der Waals surface area contributed by atoms with E-state index in [4.69, 9.17) is 19.4 Å². The Morgan fingerprint density at radius 2 is 0.676 bits per heavy atom. The number of hydrogen-bond acceptors (Lipinski definition) is 4. The molecule has 0 bridgehead atoms. The van der Waals surface area contributed by atoms with Crippen molar-refractivity contribution < 1.29 is 4.42 Å². The summed E-state index contributed by atoms with van der Waals surface area (Å²) in [7, 11) is 0. The van der Waals surface area contributed by atoms with Gasteiger partial charge in [-0.1, -0.05) is 200 Å². The number of benzene rings is 10. The lowest BCUT2D eigenvalue weighted by Crippen LogP contribution is -2.00. The van der Waals surface area contributed by atoms with Crippen molar-refractivity contribution in [1.82, 2.24) is 19.5 Å². The number of aromatic nitrogens is 4. The Morgan fingerprint density at radius 3 is 1.24 bits per heavy atom. The van der Waals surface area contributed by atoms with Gasteiger partial charge in [-0.25, -0.2) is 15.0 Å². The predicted molar refractivity (Wildman–Crippen MR) is 279 cm³/mol. The van der Waals surface area contributed by atoms with Gasteiger partial charge in [0.2, 0.25) is 0 Å². The van der Waals surface area contributed by atoms with E-state index in [-0.39, 0.29) is 0 Å². The third kappa shape index (κ3) is 7.02. The van der Waals surface area contributed by atoms with E-state index >= 15 is 0 Å². The van der Waals surface area contributed by atoms with E-state index in [9.17, 15) is 0 Å². The van der Waals surface area contributed by atoms with E-state index < -0.39 is 0 Å². The van der Waals surface area contributed by atoms with Crippen molar-refractivity contribution in [3.8, 4) is 84.4 Å². The topological polar surface area (TPSA) is 56.7 Å². The van der Waals surface area contributed by atoms with Crippen molar-refractivity contribution in [2.45, 2.75) is 0 Å². The van der Waals surface area contributed by atoms with Crippen LogP contribution in [0, 0.1) is 0 Å². The van der Waals surface area contributed by atoms with Gasteiger partial charge in [0.1, 0.15) is 11.2 Å². The summed E-state index contributed by atoms with van der Waals surface area (Å²) in [4.78, 5) is 15.3. The second-order valence-electron chi connectivity index (χ2n) is 17.2. The molecule has 3 aromatic heterocycles. The summed E-state index contributed by atoms with van der Waals surface area (Å²) >= 11 is 0. The van der Waals surface area contributed by atoms with E-state index in [1.54, 1.807) is 0 Å². The zero-order valence-corrected chi connectivity index (χ0v) is 36.8. The first-order valence-corrected chi connectivity index (χ1v) is 22.9. The molecule has 0 saturated carbocycles. The molecule has 0 unspecified atom stereocenters. The lowest BCUT2D eigenvalue weighted by Gasteiger charge is -2.11. The average molecular weight is 869 g/mol. The summed E-state index contributed by atoms with van der Waals surface area (Å²) < 4.78 is 9.16. The third-order valence-corrected chi connectivity index (χ3v) is 13.1. The molecular weight excluding hydrogens is 829 g/mol. The Bertz CT molecular complexity index is 3870. The maximum Gasteiger partial charge on any atom is 0.164 e. The molecular formula is C63H40N4O. The quantitative estimate of drug-likeness (QED) is 0.153. The first-order valence-electron chi connectivity index (χ1n) is 22.9. The largest absolute Gasteiger partial charge is 0.456 e. The first kappa shape index (κ1) is 39.2. The fourth-order valence-electron chi connectivity index (χ4n) is 9.61. The maximum absolute atomic E-state index is 6.81. The summed E-state index contributed by atoms with van der Waals surface area (Å²) in [5, 5.41) is 4.45. The highest BCUT2D eigenvalue weighted by molar-refractivity contribution is 6.17. The van der Waals surface area contributed by atoms with E-state index in [2.05, 4.69) is 235 Å². The van der Waals surface area contributed by atoms with Gasteiger partial charge in [-0.15, -0.1) is 0 Å². The smallest absolute Gasteiger partial charge is 0.164 e. The Hall–Kier alpha value is -9.19. The van der Waals surface area contributed by atoms with Crippen LogP contribution in [0.15, 0.2) is 247 Å². The van der Waals surface area contributed by atoms with Crippen LogP contribution in [-0.2, 0) is 0 Å². The molecule has 0 aliphatic carbocycles. The first-order chi connectivity index (χ1) is 33.7. The van der Waals surface area contributed by atoms with Gasteiger partial charge in [-0.05, 0) is 80.9 Å². The van der Waals surface area contributed by atoms with Gasteiger partial charge in [-0.3, -0.25) is 0 Å². The SMILES string of the molecule is c1ccc(-c2ccc(-c3cccc(-n4c5ccccc5c5cc6c(cc54)oc4cc(-c5nc(-c7ccc(-c8ccccc8)cc7)nc(-c7ccc(-c8ccccc8)cc7)n5)ccc46)c3)cc2)cc1. The van der Waals surface area contributed by atoms with Crippen LogP contribution in [-0.4, -0.2) is 19.5 Å². The minimum atomic E-state index is 0.573. The van der Waals surface area contributed by atoms with Crippen molar-refractivity contribution >= 4 is 43.7 Å². The van der Waals surface area contributed by atoms with E-state index in [1.807, 2.05) is 12.1 Å². The fourth-order valence-corrected chi connectivity index (χ4v) is 9.61. The molecule has 0 N–H and O–H groups in total. The molecule has 5 heteroatoms. The Kier molecular flexibility index (Phi) is 9.43. The van der Waals surface area contributed by atoms with Crippen molar-refractivity contribution in [2.75, 3.05) is 0 Å². The molecule has 0 amide bonds. The van der Waals surface area contributed by atoms with E-state index in [1.165, 1.54) is 27.5 Å². The lowest BCUT2D eigenvalue weighted by molar-refractivity contribution is 0.669. The number of fused-ring (bicyclic) bond motifs is 6. The second-order valence-corrected chi connectivity index (χ2v) is 17.2. The summed E-state index contributed by atoms with van der Waals surface area (Å²) in [6.45, 7) is 0. The molecule has 0 fully saturated rings. The second kappa shape index (κ2) is 16.4. The third-order valence-electron chi connectivity index (χ3n) is 13.1. The minimum Gasteiger partial charge on any atom is -0.456 e. The van der Waals surface area contributed by atoms with Gasteiger partial charge >= 0.3 is 0 Å². The Labute approximate surface area is 392 Å². The molecule has 318 valence electrons. The molecule has 0 spiro atoms. The normalized spacial score (nSPS) is 11.5. The fraction of sp³-hybridized carbons (Fsp3) is 0. The summed E-state index contributed by atoms with van der Waals surface area (Å²) in [6.07, 6.45) is 0. The molecule has 68 heavy (non-hydrogen) atoms. The van der Waals surface area contributed by atoms with Gasteiger partial charge in [0.25, 0.3) is 0 Å². The minimum absolute atomic E-state index is 0.573. The van der Waals surface area contributed by atoms with Gasteiger partial charge in [0.15, 0.2) is 17.5 Å². The van der Waals surface area contributed by atoms with Crippen LogP contribution in [0.1, 0.15) is 0 Å². The van der Waals surface area contributed by atoms with Crippen molar-refractivity contribution in [1.29, 1.82) is 0 Å². The Balaban J connectivity index is 0.903. The summed E-state index contributed by atoms with van der Waals surface area (Å²) in [5.74, 6) is 1.78. The van der Waals surface area contributed by atoms with Crippen LogP contribution in [0.4, 0.5) is 0 Å². The molecule has 13 rings (SSSR count). The zero-order chi connectivity index (χ0) is 45.0. The van der Waals surface area contributed by atoms with Gasteiger partial charge < -0.3 is 8.98 Å². The van der Waals surface area contributed by atoms with E-state index in [0.717, 1.165) is 83.2 Å². The van der Waals surface area contributed by atoms with Crippen LogP contribution in [0.25, 0.3) is 128 Å². The molecule has 0 saturated heterocycles. The highest BCUT2D eigenvalue weighted by Crippen LogP contribution is 2.40. The zero-order valence-electron chi connectivity index (χ0n) is 36.8. The highest BCUT2D eigenvalue weighted by atomic mass is 16.3. The monoisotopic (exact) mass is 868 g/mol. The highest BCUT2D eigenvalue weighted by Gasteiger charge is 2.19. The van der Waals surface area contributed by atoms with Crippen LogP contribution in [0.3, 0.4) is 0 Å². The van der Waals surface area contributed by atoms with Crippen LogP contribution >= 0.6 is 0 Å². The molecule has 0 radical (unpaired) electrons. The lowest BCUT2D eigenvalue weighted by atomic mass is 10.00. The molecule has 3 heterocycles. The Morgan fingerprint density at radius 1 is 0.250 bits per heavy atom. The van der Waals surface area contributed by atoms with Crippen molar-refractivity contribution in [2.24, 2.45) is 0 Å². The molecule has 0 aliphatic rings. The number of hydrogen-bond donors (Lipinski definition) is 0. The van der Waals surface area contributed by atoms with Crippen molar-refractivity contribution in [3.63, 3.8) is 0 Å². The molecule has 0 aliphatic heterocycles. The number of furan rings is 1. The number of nitrogens with zero attached hydrogens (tertiary/aromatic N) is 4. The van der Waals surface area contributed by atoms with Crippen LogP contribution in [0.2, 0.25) is 0 Å². The van der Waals surface area contributed by atoms with Crippen LogP contribution < -0.4 is 0 Å². The maximum atomic E-state index is 6.81. The summed E-state index contributed by atoms with van der Waals surface area (Å²) in [5.41, 5.74) is 16.9. The van der Waals surface area contributed by atoms with Gasteiger partial charge in [0, 0.05) is 50.0 Å². The molecule has 5 nitrogen and oxygen atoms in total. The number of rotatable bonds is 8. The molecule has 10 aromatic carbocycles. The van der Waals surface area contributed by atoms with Gasteiger partial charge in [-0.2, -0.15) is 0 Å². The van der Waals surface area contributed by atoms with Crippen LogP contribution in [0.5, 0.6) is 0 Å². The molecule has 13 aromatic rings. The number of para-hydroxylation sites is 1.